The van der Waals surface area contributed by atoms with Crippen molar-refractivity contribution in [3.05, 3.63) is 28.5 Å². The van der Waals surface area contributed by atoms with E-state index in [-0.39, 0.29) is 12.2 Å². The molecule has 1 aliphatic rings. The number of aromatic nitrogens is 1. The minimum absolute atomic E-state index is 0.0721. The van der Waals surface area contributed by atoms with Gasteiger partial charge in [0.2, 0.25) is 0 Å². The molecule has 0 saturated heterocycles. The summed E-state index contributed by atoms with van der Waals surface area (Å²) in [5.74, 6) is -0.0721. The molecule has 1 aliphatic carbocycles. The highest BCUT2D eigenvalue weighted by molar-refractivity contribution is 9.10. The van der Waals surface area contributed by atoms with E-state index in [2.05, 4.69) is 20.9 Å². The maximum atomic E-state index is 12.1. The van der Waals surface area contributed by atoms with E-state index in [0.29, 0.717) is 12.8 Å². The molecule has 0 amide bonds. The molecular weight excluding hydrogens is 282 g/mol. The molecule has 1 heterocycles. The molecule has 0 spiro atoms. The molecule has 0 atom stereocenters. The van der Waals surface area contributed by atoms with Crippen LogP contribution in [0.1, 0.15) is 37.7 Å². The van der Waals surface area contributed by atoms with E-state index in [1.54, 1.807) is 12.4 Å². The Balaban J connectivity index is 2.05. The number of rotatable bonds is 3. The number of aliphatic hydroxyl groups is 1. The van der Waals surface area contributed by atoms with Crippen molar-refractivity contribution in [1.82, 2.24) is 4.98 Å². The van der Waals surface area contributed by atoms with Crippen molar-refractivity contribution in [1.29, 1.82) is 0 Å². The molecule has 92 valence electrons. The predicted octanol–water partition coefficient (Wildman–Crippen LogP) is 2.65. The van der Waals surface area contributed by atoms with Crippen molar-refractivity contribution >= 4 is 21.7 Å². The fourth-order valence-corrected chi connectivity index (χ4v) is 2.73. The lowest BCUT2D eigenvalue weighted by molar-refractivity contribution is -0.139. The Kier molecular flexibility index (Phi) is 3.94. The lowest BCUT2D eigenvalue weighted by atomic mass is 9.80. The number of carbonyl (C=O) groups excluding carboxylic acids is 1. The molecule has 0 aromatic carbocycles. The van der Waals surface area contributed by atoms with Gasteiger partial charge < -0.3 is 5.11 Å². The summed E-state index contributed by atoms with van der Waals surface area (Å²) >= 11 is 3.33. The highest BCUT2D eigenvalue weighted by Gasteiger charge is 2.36. The number of pyridine rings is 1. The number of nitrogens with zero attached hydrogens (tertiary/aromatic N) is 1. The Morgan fingerprint density at radius 2 is 2.06 bits per heavy atom. The molecule has 0 unspecified atom stereocenters. The zero-order chi connectivity index (χ0) is 12.3. The van der Waals surface area contributed by atoms with Crippen molar-refractivity contribution in [2.24, 2.45) is 0 Å². The molecule has 4 heteroatoms. The number of halogens is 1. The summed E-state index contributed by atoms with van der Waals surface area (Å²) < 4.78 is 0.860. The second-order valence-corrected chi connectivity index (χ2v) is 5.62. The molecule has 0 aliphatic heterocycles. The third-order valence-corrected chi connectivity index (χ3v) is 3.76. The first-order valence-corrected chi connectivity index (χ1v) is 6.75. The number of ketones is 1. The molecule has 0 radical (unpaired) electrons. The Labute approximate surface area is 109 Å². The topological polar surface area (TPSA) is 50.2 Å². The summed E-state index contributed by atoms with van der Waals surface area (Å²) in [4.78, 5) is 16.1. The molecular formula is C13H16BrNO2. The van der Waals surface area contributed by atoms with E-state index in [9.17, 15) is 9.90 Å². The Morgan fingerprint density at radius 1 is 1.35 bits per heavy atom. The second kappa shape index (κ2) is 5.27. The SMILES string of the molecule is O=C(Cc1cncc(Br)c1)C1(O)CCCCC1. The number of hydrogen-bond acceptors (Lipinski definition) is 3. The largest absolute Gasteiger partial charge is 0.382 e. The zero-order valence-electron chi connectivity index (χ0n) is 9.66. The van der Waals surface area contributed by atoms with Gasteiger partial charge in [-0.3, -0.25) is 9.78 Å². The van der Waals surface area contributed by atoms with Crippen molar-refractivity contribution in [2.45, 2.75) is 44.1 Å². The van der Waals surface area contributed by atoms with Gasteiger partial charge in [0.25, 0.3) is 0 Å². The van der Waals surface area contributed by atoms with E-state index < -0.39 is 5.60 Å². The van der Waals surface area contributed by atoms with Gasteiger partial charge in [0.1, 0.15) is 5.60 Å². The molecule has 17 heavy (non-hydrogen) atoms. The highest BCUT2D eigenvalue weighted by atomic mass is 79.9. The molecule has 2 rings (SSSR count). The molecule has 1 saturated carbocycles. The molecule has 0 bridgehead atoms. The van der Waals surface area contributed by atoms with Gasteiger partial charge in [-0.05, 0) is 40.4 Å². The summed E-state index contributed by atoms with van der Waals surface area (Å²) in [7, 11) is 0. The Bertz CT molecular complexity index is 414. The van der Waals surface area contributed by atoms with Crippen LogP contribution < -0.4 is 0 Å². The second-order valence-electron chi connectivity index (χ2n) is 4.70. The summed E-state index contributed by atoms with van der Waals surface area (Å²) in [6.45, 7) is 0. The van der Waals surface area contributed by atoms with Crippen molar-refractivity contribution in [3.63, 3.8) is 0 Å². The average Bonchev–Trinajstić information content (AvgIpc) is 2.30. The van der Waals surface area contributed by atoms with Crippen LogP contribution in [0.25, 0.3) is 0 Å². The van der Waals surface area contributed by atoms with Gasteiger partial charge in [-0.1, -0.05) is 19.3 Å². The first-order chi connectivity index (χ1) is 8.10. The minimum Gasteiger partial charge on any atom is -0.382 e. The van der Waals surface area contributed by atoms with E-state index in [1.165, 1.54) is 0 Å². The minimum atomic E-state index is -1.10. The van der Waals surface area contributed by atoms with E-state index in [4.69, 9.17) is 0 Å². The fourth-order valence-electron chi connectivity index (χ4n) is 2.32. The average molecular weight is 298 g/mol. The number of Topliss-reactive ketones (excluding diaryl/α,β-unsaturated/α-hetero) is 1. The van der Waals surface area contributed by atoms with Crippen LogP contribution in [0.15, 0.2) is 22.9 Å². The standard InChI is InChI=1S/C13H16BrNO2/c14-11-6-10(8-15-9-11)7-12(16)13(17)4-2-1-3-5-13/h6,8-9,17H,1-5,7H2. The number of hydrogen-bond donors (Lipinski definition) is 1. The highest BCUT2D eigenvalue weighted by Crippen LogP contribution is 2.29. The lowest BCUT2D eigenvalue weighted by Gasteiger charge is -2.30. The summed E-state index contributed by atoms with van der Waals surface area (Å²) in [6, 6.07) is 1.87. The third-order valence-electron chi connectivity index (χ3n) is 3.33. The Morgan fingerprint density at radius 3 is 2.71 bits per heavy atom. The van der Waals surface area contributed by atoms with Crippen LogP contribution in [0.4, 0.5) is 0 Å². The van der Waals surface area contributed by atoms with Crippen LogP contribution in [0.3, 0.4) is 0 Å². The molecule has 1 N–H and O–H groups in total. The third kappa shape index (κ3) is 3.13. The molecule has 1 aromatic rings. The van der Waals surface area contributed by atoms with Gasteiger partial charge in [-0.15, -0.1) is 0 Å². The van der Waals surface area contributed by atoms with E-state index >= 15 is 0 Å². The summed E-state index contributed by atoms with van der Waals surface area (Å²) in [6.07, 6.45) is 7.84. The monoisotopic (exact) mass is 297 g/mol. The zero-order valence-corrected chi connectivity index (χ0v) is 11.2. The maximum Gasteiger partial charge on any atom is 0.168 e. The van der Waals surface area contributed by atoms with Crippen molar-refractivity contribution < 1.29 is 9.90 Å². The van der Waals surface area contributed by atoms with Crippen LogP contribution in [0, 0.1) is 0 Å². The van der Waals surface area contributed by atoms with Crippen LogP contribution >= 0.6 is 15.9 Å². The number of carbonyl (C=O) groups is 1. The van der Waals surface area contributed by atoms with E-state index in [0.717, 1.165) is 29.3 Å². The normalized spacial score (nSPS) is 18.9. The van der Waals surface area contributed by atoms with Gasteiger partial charge in [0.05, 0.1) is 0 Å². The van der Waals surface area contributed by atoms with Crippen molar-refractivity contribution in [3.8, 4) is 0 Å². The van der Waals surface area contributed by atoms with Crippen LogP contribution in [-0.4, -0.2) is 21.5 Å². The summed E-state index contributed by atoms with van der Waals surface area (Å²) in [5.41, 5.74) is -0.246. The lowest BCUT2D eigenvalue weighted by Crippen LogP contribution is -2.41. The first-order valence-electron chi connectivity index (χ1n) is 5.95. The van der Waals surface area contributed by atoms with Gasteiger partial charge in [-0.25, -0.2) is 0 Å². The quantitative estimate of drug-likeness (QED) is 0.933. The smallest absolute Gasteiger partial charge is 0.168 e. The van der Waals surface area contributed by atoms with E-state index in [1.807, 2.05) is 6.07 Å². The summed E-state index contributed by atoms with van der Waals surface area (Å²) in [5, 5.41) is 10.3. The maximum absolute atomic E-state index is 12.1. The predicted molar refractivity (Wildman–Crippen MR) is 68.7 cm³/mol. The molecule has 3 nitrogen and oxygen atoms in total. The fraction of sp³-hybridized carbons (Fsp3) is 0.538. The first kappa shape index (κ1) is 12.7. The Hall–Kier alpha value is -0.740. The van der Waals surface area contributed by atoms with Gasteiger partial charge in [0, 0.05) is 23.3 Å². The van der Waals surface area contributed by atoms with Gasteiger partial charge in [-0.2, -0.15) is 0 Å². The molecule has 1 fully saturated rings. The molecule has 1 aromatic heterocycles. The van der Waals surface area contributed by atoms with Crippen molar-refractivity contribution in [2.75, 3.05) is 0 Å². The van der Waals surface area contributed by atoms with Gasteiger partial charge >= 0.3 is 0 Å². The van der Waals surface area contributed by atoms with Gasteiger partial charge in [0.15, 0.2) is 5.78 Å². The van der Waals surface area contributed by atoms with Crippen LogP contribution in [0.5, 0.6) is 0 Å². The van der Waals surface area contributed by atoms with Crippen LogP contribution in [-0.2, 0) is 11.2 Å². The van der Waals surface area contributed by atoms with Crippen LogP contribution in [0.2, 0.25) is 0 Å².